The number of sulfonamides is 1. The monoisotopic (exact) mass is 484 g/mol. The van der Waals surface area contributed by atoms with Crippen LogP contribution in [0.5, 0.6) is 5.75 Å². The number of ether oxygens (including phenoxy) is 2. The lowest BCUT2D eigenvalue weighted by Gasteiger charge is -2.57. The second-order valence-electron chi connectivity index (χ2n) is 8.68. The summed E-state index contributed by atoms with van der Waals surface area (Å²) in [6.07, 6.45) is 1.68. The summed E-state index contributed by atoms with van der Waals surface area (Å²) in [5.74, 6) is 6.70. The highest BCUT2D eigenvalue weighted by atomic mass is 32.2. The van der Waals surface area contributed by atoms with Gasteiger partial charge in [-0.1, -0.05) is 24.0 Å². The van der Waals surface area contributed by atoms with E-state index in [1.807, 2.05) is 24.3 Å². The molecule has 0 amide bonds. The van der Waals surface area contributed by atoms with E-state index in [9.17, 15) is 13.5 Å². The zero-order chi connectivity index (χ0) is 24.1. The first-order valence-electron chi connectivity index (χ1n) is 11.6. The fourth-order valence-corrected chi connectivity index (χ4v) is 6.52. The van der Waals surface area contributed by atoms with Crippen LogP contribution in [0.2, 0.25) is 0 Å². The van der Waals surface area contributed by atoms with Crippen molar-refractivity contribution < 1.29 is 23.0 Å². The molecule has 0 aromatic heterocycles. The van der Waals surface area contributed by atoms with Crippen molar-refractivity contribution in [2.75, 3.05) is 47.1 Å². The van der Waals surface area contributed by atoms with Gasteiger partial charge in [0.1, 0.15) is 12.4 Å². The van der Waals surface area contributed by atoms with E-state index in [1.165, 1.54) is 0 Å². The van der Waals surface area contributed by atoms with Gasteiger partial charge in [-0.25, -0.2) is 8.42 Å². The van der Waals surface area contributed by atoms with Gasteiger partial charge in [-0.2, -0.15) is 4.31 Å². The summed E-state index contributed by atoms with van der Waals surface area (Å²) < 4.78 is 38.7. The molecular weight excluding hydrogens is 452 g/mol. The van der Waals surface area contributed by atoms with Crippen LogP contribution in [0.25, 0.3) is 0 Å². The molecule has 0 unspecified atom stereocenters. The maximum atomic E-state index is 13.5. The van der Waals surface area contributed by atoms with Crippen LogP contribution in [0.1, 0.15) is 29.9 Å². The fraction of sp³-hybridized carbons (Fsp3) is 0.462. The van der Waals surface area contributed by atoms with Gasteiger partial charge in [0.2, 0.25) is 10.0 Å². The molecule has 3 atom stereocenters. The maximum Gasteiger partial charge on any atom is 0.243 e. The minimum atomic E-state index is -3.64. The SMILES string of the molecule is COCC#Cc1ccc([C@H]2[C@H](CO)N3CCCCN(S(=O)(=O)c4ccc(OC)cc4)C[C@@H]23)cc1. The molecule has 2 saturated heterocycles. The second-order valence-corrected chi connectivity index (χ2v) is 10.6. The molecule has 2 aromatic rings. The Morgan fingerprint density at radius 1 is 1.03 bits per heavy atom. The summed E-state index contributed by atoms with van der Waals surface area (Å²) in [5.41, 5.74) is 2.00. The number of aliphatic hydroxyl groups excluding tert-OH is 1. The van der Waals surface area contributed by atoms with Crippen LogP contribution >= 0.6 is 0 Å². The number of hydrogen-bond donors (Lipinski definition) is 1. The minimum Gasteiger partial charge on any atom is -0.497 e. The van der Waals surface area contributed by atoms with Gasteiger partial charge >= 0.3 is 0 Å². The van der Waals surface area contributed by atoms with E-state index in [0.29, 0.717) is 25.4 Å². The Morgan fingerprint density at radius 3 is 2.38 bits per heavy atom. The van der Waals surface area contributed by atoms with Gasteiger partial charge in [0.25, 0.3) is 0 Å². The molecule has 0 bridgehead atoms. The Hall–Kier alpha value is -2.41. The first kappa shape index (κ1) is 24.7. The smallest absolute Gasteiger partial charge is 0.243 e. The number of rotatable bonds is 6. The molecule has 182 valence electrons. The van der Waals surface area contributed by atoms with Crippen LogP contribution in [0.4, 0.5) is 0 Å². The zero-order valence-corrected chi connectivity index (χ0v) is 20.5. The van der Waals surface area contributed by atoms with Crippen LogP contribution in [0.3, 0.4) is 0 Å². The van der Waals surface area contributed by atoms with E-state index in [1.54, 1.807) is 42.8 Å². The minimum absolute atomic E-state index is 0.0101. The number of hydrogen-bond acceptors (Lipinski definition) is 6. The van der Waals surface area contributed by atoms with Crippen LogP contribution in [0, 0.1) is 11.8 Å². The standard InChI is InChI=1S/C26H32N2O5S/c1-32-17-5-6-20-7-9-21(10-8-20)26-24-18-27(15-3-4-16-28(24)25(26)19-29)34(30,31)23-13-11-22(33-2)12-14-23/h7-14,24-26,29H,3-4,15-19H2,1-2H3/t24-,25-,26+/m0/s1. The van der Waals surface area contributed by atoms with Crippen molar-refractivity contribution in [2.45, 2.75) is 35.7 Å². The summed E-state index contributed by atoms with van der Waals surface area (Å²) >= 11 is 0. The fourth-order valence-electron chi connectivity index (χ4n) is 5.02. The van der Waals surface area contributed by atoms with Gasteiger partial charge in [0, 0.05) is 43.8 Å². The van der Waals surface area contributed by atoms with Gasteiger partial charge in [0.15, 0.2) is 0 Å². The average molecular weight is 485 g/mol. The van der Waals surface area contributed by atoms with Gasteiger partial charge in [-0.15, -0.1) is 0 Å². The molecule has 34 heavy (non-hydrogen) atoms. The summed E-state index contributed by atoms with van der Waals surface area (Å²) in [7, 11) is -0.468. The Kier molecular flexibility index (Phi) is 7.91. The first-order chi connectivity index (χ1) is 16.5. The summed E-state index contributed by atoms with van der Waals surface area (Å²) in [6.45, 7) is 2.17. The lowest BCUT2D eigenvalue weighted by atomic mass is 9.74. The third-order valence-corrected chi connectivity index (χ3v) is 8.65. The van der Waals surface area contributed by atoms with E-state index in [-0.39, 0.29) is 29.5 Å². The second kappa shape index (κ2) is 10.9. The molecule has 2 aliphatic rings. The van der Waals surface area contributed by atoms with Crippen molar-refractivity contribution in [3.63, 3.8) is 0 Å². The largest absolute Gasteiger partial charge is 0.497 e. The van der Waals surface area contributed by atoms with Crippen LogP contribution < -0.4 is 4.74 Å². The lowest BCUT2D eigenvalue weighted by molar-refractivity contribution is -0.0553. The topological polar surface area (TPSA) is 79.3 Å². The first-order valence-corrected chi connectivity index (χ1v) is 13.0. The average Bonchev–Trinajstić information content (AvgIpc) is 2.84. The molecule has 2 aliphatic heterocycles. The zero-order valence-electron chi connectivity index (χ0n) is 19.7. The maximum absolute atomic E-state index is 13.5. The van der Waals surface area contributed by atoms with E-state index < -0.39 is 10.0 Å². The summed E-state index contributed by atoms with van der Waals surface area (Å²) in [6, 6.07) is 14.6. The van der Waals surface area contributed by atoms with Crippen molar-refractivity contribution in [3.05, 3.63) is 59.7 Å². The molecule has 2 fully saturated rings. The number of nitrogens with zero attached hydrogens (tertiary/aromatic N) is 2. The predicted octanol–water partition coefficient (Wildman–Crippen LogP) is 2.31. The number of fused-ring (bicyclic) bond motifs is 1. The van der Waals surface area contributed by atoms with E-state index >= 15 is 0 Å². The number of benzene rings is 2. The highest BCUT2D eigenvalue weighted by molar-refractivity contribution is 7.89. The molecule has 0 spiro atoms. The van der Waals surface area contributed by atoms with Gasteiger partial charge < -0.3 is 14.6 Å². The highest BCUT2D eigenvalue weighted by Crippen LogP contribution is 2.42. The predicted molar refractivity (Wildman–Crippen MR) is 130 cm³/mol. The number of aliphatic hydroxyl groups is 1. The Balaban J connectivity index is 1.58. The van der Waals surface area contributed by atoms with Gasteiger partial charge in [0.05, 0.1) is 18.6 Å². The normalized spacial score (nSPS) is 23.6. The molecule has 2 aromatic carbocycles. The third-order valence-electron chi connectivity index (χ3n) is 6.77. The van der Waals surface area contributed by atoms with Crippen LogP contribution in [0.15, 0.2) is 53.4 Å². The molecule has 2 heterocycles. The molecule has 4 rings (SSSR count). The van der Waals surface area contributed by atoms with E-state index in [2.05, 4.69) is 16.7 Å². The van der Waals surface area contributed by atoms with Crippen LogP contribution in [-0.4, -0.2) is 81.9 Å². The molecule has 0 saturated carbocycles. The van der Waals surface area contributed by atoms with Crippen molar-refractivity contribution >= 4 is 10.0 Å². The van der Waals surface area contributed by atoms with Crippen molar-refractivity contribution in [1.29, 1.82) is 0 Å². The number of methoxy groups -OCH3 is 2. The van der Waals surface area contributed by atoms with Crippen molar-refractivity contribution in [2.24, 2.45) is 0 Å². The quantitative estimate of drug-likeness (QED) is 0.634. The van der Waals surface area contributed by atoms with Crippen LogP contribution in [-0.2, 0) is 14.8 Å². The molecule has 7 nitrogen and oxygen atoms in total. The molecule has 0 aliphatic carbocycles. The summed E-state index contributed by atoms with van der Waals surface area (Å²) in [5, 5.41) is 10.1. The molecular formula is C26H32N2O5S. The summed E-state index contributed by atoms with van der Waals surface area (Å²) in [4.78, 5) is 2.54. The van der Waals surface area contributed by atoms with Crippen molar-refractivity contribution in [1.82, 2.24) is 9.21 Å². The van der Waals surface area contributed by atoms with E-state index in [4.69, 9.17) is 9.47 Å². The Morgan fingerprint density at radius 2 is 1.74 bits per heavy atom. The third kappa shape index (κ3) is 4.99. The van der Waals surface area contributed by atoms with E-state index in [0.717, 1.165) is 30.5 Å². The Bertz CT molecular complexity index is 1120. The van der Waals surface area contributed by atoms with Gasteiger partial charge in [-0.05, 0) is 61.3 Å². The highest BCUT2D eigenvalue weighted by Gasteiger charge is 2.50. The van der Waals surface area contributed by atoms with Gasteiger partial charge in [-0.3, -0.25) is 4.90 Å². The molecule has 0 radical (unpaired) electrons. The van der Waals surface area contributed by atoms with Crippen molar-refractivity contribution in [3.8, 4) is 17.6 Å². The molecule has 8 heteroatoms. The Labute approximate surface area is 202 Å². The molecule has 1 N–H and O–H groups in total. The lowest BCUT2D eigenvalue weighted by Crippen LogP contribution is -2.67.